The number of H-pyrrole nitrogens is 1. The molecular formula is C21H16FNO3. The van der Waals surface area contributed by atoms with Gasteiger partial charge in [-0.3, -0.25) is 4.79 Å². The number of methoxy groups -OCH3 is 1. The average Bonchev–Trinajstić information content (AvgIpc) is 3.02. The van der Waals surface area contributed by atoms with E-state index in [0.29, 0.717) is 34.9 Å². The molecule has 3 aromatic rings. The molecule has 0 spiro atoms. The van der Waals surface area contributed by atoms with Gasteiger partial charge in [-0.25, -0.2) is 9.18 Å². The third kappa shape index (κ3) is 2.71. The first-order valence-electron chi connectivity index (χ1n) is 8.30. The molecule has 2 aromatic carbocycles. The van der Waals surface area contributed by atoms with E-state index < -0.39 is 5.97 Å². The Morgan fingerprint density at radius 3 is 2.65 bits per heavy atom. The Labute approximate surface area is 149 Å². The largest absolute Gasteiger partial charge is 0.465 e. The Bertz CT molecular complexity index is 1060. The number of rotatable bonds is 2. The van der Waals surface area contributed by atoms with Crippen LogP contribution in [-0.4, -0.2) is 23.8 Å². The van der Waals surface area contributed by atoms with E-state index in [1.54, 1.807) is 30.3 Å². The third-order valence-corrected chi connectivity index (χ3v) is 4.67. The van der Waals surface area contributed by atoms with Gasteiger partial charge in [0.1, 0.15) is 5.82 Å². The van der Waals surface area contributed by atoms with E-state index in [-0.39, 0.29) is 11.6 Å². The molecule has 0 saturated carbocycles. The molecule has 0 amide bonds. The maximum absolute atomic E-state index is 13.6. The highest BCUT2D eigenvalue weighted by atomic mass is 19.1. The smallest absolute Gasteiger partial charge is 0.337 e. The van der Waals surface area contributed by atoms with Crippen molar-refractivity contribution in [1.82, 2.24) is 4.98 Å². The van der Waals surface area contributed by atoms with E-state index in [1.165, 1.54) is 19.2 Å². The SMILES string of the molecule is COC(=O)c1ccc(C=C2CCc3[nH]c4ccc(F)cc4c3C2=O)cc1. The van der Waals surface area contributed by atoms with Crippen molar-refractivity contribution in [3.63, 3.8) is 0 Å². The molecule has 0 unspecified atom stereocenters. The lowest BCUT2D eigenvalue weighted by atomic mass is 9.88. The molecule has 1 N–H and O–H groups in total. The van der Waals surface area contributed by atoms with E-state index in [2.05, 4.69) is 9.72 Å². The quantitative estimate of drug-likeness (QED) is 0.554. The van der Waals surface area contributed by atoms with Crippen LogP contribution >= 0.6 is 0 Å². The van der Waals surface area contributed by atoms with Gasteiger partial charge in [0, 0.05) is 22.2 Å². The summed E-state index contributed by atoms with van der Waals surface area (Å²) in [6, 6.07) is 11.3. The highest BCUT2D eigenvalue weighted by Crippen LogP contribution is 2.32. The van der Waals surface area contributed by atoms with Crippen LogP contribution in [0.2, 0.25) is 0 Å². The summed E-state index contributed by atoms with van der Waals surface area (Å²) in [6.07, 6.45) is 3.13. The molecular weight excluding hydrogens is 333 g/mol. The van der Waals surface area contributed by atoms with E-state index in [1.807, 2.05) is 6.08 Å². The molecule has 0 fully saturated rings. The molecule has 5 heteroatoms. The zero-order chi connectivity index (χ0) is 18.3. The molecule has 26 heavy (non-hydrogen) atoms. The molecule has 4 rings (SSSR count). The van der Waals surface area contributed by atoms with Gasteiger partial charge in [-0.15, -0.1) is 0 Å². The van der Waals surface area contributed by atoms with Crippen LogP contribution in [0.3, 0.4) is 0 Å². The normalized spacial score (nSPS) is 15.3. The molecule has 1 aliphatic rings. The maximum atomic E-state index is 13.6. The monoisotopic (exact) mass is 349 g/mol. The second-order valence-electron chi connectivity index (χ2n) is 6.28. The summed E-state index contributed by atoms with van der Waals surface area (Å²) in [7, 11) is 1.33. The number of ketones is 1. The molecule has 130 valence electrons. The number of aryl methyl sites for hydroxylation is 1. The van der Waals surface area contributed by atoms with Crippen LogP contribution in [0, 0.1) is 5.82 Å². The van der Waals surface area contributed by atoms with Gasteiger partial charge >= 0.3 is 5.97 Å². The van der Waals surface area contributed by atoms with Gasteiger partial charge in [0.15, 0.2) is 5.78 Å². The number of aromatic amines is 1. The summed E-state index contributed by atoms with van der Waals surface area (Å²) in [5, 5.41) is 0.622. The van der Waals surface area contributed by atoms with Crippen molar-refractivity contribution in [3.05, 3.63) is 76.2 Å². The minimum absolute atomic E-state index is 0.0832. The Morgan fingerprint density at radius 1 is 1.15 bits per heavy atom. The zero-order valence-electron chi connectivity index (χ0n) is 14.1. The minimum Gasteiger partial charge on any atom is -0.465 e. The number of aromatic nitrogens is 1. The standard InChI is InChI=1S/C21H16FNO3/c1-26-21(25)13-4-2-12(3-5-13)10-14-6-8-18-19(20(14)24)16-11-15(22)7-9-17(16)23-18/h2-5,7,9-11,23H,6,8H2,1H3. The number of hydrogen-bond donors (Lipinski definition) is 1. The molecule has 1 heterocycles. The summed E-state index contributed by atoms with van der Waals surface area (Å²) < 4.78 is 18.3. The highest BCUT2D eigenvalue weighted by Gasteiger charge is 2.26. The lowest BCUT2D eigenvalue weighted by molar-refractivity contribution is 0.0600. The van der Waals surface area contributed by atoms with Gasteiger partial charge in [-0.2, -0.15) is 0 Å². The predicted molar refractivity (Wildman–Crippen MR) is 96.7 cm³/mol. The minimum atomic E-state index is -0.400. The second kappa shape index (κ2) is 6.26. The second-order valence-corrected chi connectivity index (χ2v) is 6.28. The lowest BCUT2D eigenvalue weighted by Gasteiger charge is -2.14. The van der Waals surface area contributed by atoms with Crippen molar-refractivity contribution in [3.8, 4) is 0 Å². The number of carbonyl (C=O) groups excluding carboxylic acids is 2. The fraction of sp³-hybridized carbons (Fsp3) is 0.143. The van der Waals surface area contributed by atoms with Gasteiger partial charge in [0.2, 0.25) is 0 Å². The summed E-state index contributed by atoms with van der Waals surface area (Å²) in [6.45, 7) is 0. The van der Waals surface area contributed by atoms with Crippen molar-refractivity contribution < 1.29 is 18.7 Å². The molecule has 0 aliphatic heterocycles. The van der Waals surface area contributed by atoms with Gasteiger partial charge in [-0.1, -0.05) is 12.1 Å². The fourth-order valence-corrected chi connectivity index (χ4v) is 3.37. The van der Waals surface area contributed by atoms with Gasteiger partial charge in [0.25, 0.3) is 0 Å². The number of halogens is 1. The van der Waals surface area contributed by atoms with Crippen molar-refractivity contribution >= 4 is 28.7 Å². The van der Waals surface area contributed by atoms with Crippen molar-refractivity contribution in [1.29, 1.82) is 0 Å². The summed E-state index contributed by atoms with van der Waals surface area (Å²) in [4.78, 5) is 27.7. The number of esters is 1. The third-order valence-electron chi connectivity index (χ3n) is 4.67. The summed E-state index contributed by atoms with van der Waals surface area (Å²) in [5.41, 5.74) is 4.15. The molecule has 1 aliphatic carbocycles. The predicted octanol–water partition coefficient (Wildman–Crippen LogP) is 4.31. The Kier molecular flexibility index (Phi) is 3.92. The molecule has 0 radical (unpaired) electrons. The van der Waals surface area contributed by atoms with Crippen LogP contribution in [0.5, 0.6) is 0 Å². The lowest BCUT2D eigenvalue weighted by Crippen LogP contribution is -2.13. The van der Waals surface area contributed by atoms with Crippen LogP contribution in [0.15, 0.2) is 48.0 Å². The first-order chi connectivity index (χ1) is 12.6. The number of nitrogens with one attached hydrogen (secondary N) is 1. The van der Waals surface area contributed by atoms with Gasteiger partial charge < -0.3 is 9.72 Å². The van der Waals surface area contributed by atoms with E-state index in [9.17, 15) is 14.0 Å². The molecule has 0 atom stereocenters. The number of hydrogen-bond acceptors (Lipinski definition) is 3. The number of Topliss-reactive ketones (excluding diaryl/α,β-unsaturated/α-hetero) is 1. The van der Waals surface area contributed by atoms with Gasteiger partial charge in [-0.05, 0) is 54.8 Å². The highest BCUT2D eigenvalue weighted by molar-refractivity contribution is 6.19. The first-order valence-corrected chi connectivity index (χ1v) is 8.30. The number of allylic oxidation sites excluding steroid dienone is 1. The topological polar surface area (TPSA) is 59.2 Å². The molecule has 0 saturated heterocycles. The first kappa shape index (κ1) is 16.3. The summed E-state index contributed by atoms with van der Waals surface area (Å²) in [5.74, 6) is -0.842. The Hall–Kier alpha value is -3.21. The fourth-order valence-electron chi connectivity index (χ4n) is 3.37. The molecule has 4 nitrogen and oxygen atoms in total. The van der Waals surface area contributed by atoms with Crippen LogP contribution < -0.4 is 0 Å². The number of ether oxygens (including phenoxy) is 1. The Morgan fingerprint density at radius 2 is 1.92 bits per heavy atom. The molecule has 1 aromatic heterocycles. The van der Waals surface area contributed by atoms with Gasteiger partial charge in [0.05, 0.1) is 18.2 Å². The van der Waals surface area contributed by atoms with Crippen LogP contribution in [0.25, 0.3) is 17.0 Å². The average molecular weight is 349 g/mol. The van der Waals surface area contributed by atoms with Crippen LogP contribution in [0.4, 0.5) is 4.39 Å². The van der Waals surface area contributed by atoms with Crippen molar-refractivity contribution in [2.45, 2.75) is 12.8 Å². The number of fused-ring (bicyclic) bond motifs is 3. The van der Waals surface area contributed by atoms with Crippen molar-refractivity contribution in [2.24, 2.45) is 0 Å². The van der Waals surface area contributed by atoms with E-state index in [0.717, 1.165) is 16.8 Å². The summed E-state index contributed by atoms with van der Waals surface area (Å²) >= 11 is 0. The maximum Gasteiger partial charge on any atom is 0.337 e. The van der Waals surface area contributed by atoms with Crippen LogP contribution in [-0.2, 0) is 11.2 Å². The van der Waals surface area contributed by atoms with Crippen molar-refractivity contribution in [2.75, 3.05) is 7.11 Å². The van der Waals surface area contributed by atoms with E-state index in [4.69, 9.17) is 0 Å². The molecule has 0 bridgehead atoms. The number of benzene rings is 2. The number of carbonyl (C=O) groups is 2. The van der Waals surface area contributed by atoms with E-state index >= 15 is 0 Å². The Balaban J connectivity index is 1.70. The van der Waals surface area contributed by atoms with Crippen LogP contribution in [0.1, 0.15) is 38.4 Å². The zero-order valence-corrected chi connectivity index (χ0v) is 14.1.